The molecule has 0 radical (unpaired) electrons. The van der Waals surface area contributed by atoms with Crippen LogP contribution in [0.5, 0.6) is 0 Å². The molecular weight excluding hydrogens is 273 g/mol. The number of nitrogens with zero attached hydrogens (tertiary/aromatic N) is 1. The molecule has 0 aliphatic carbocycles. The molecule has 0 aliphatic heterocycles. The van der Waals surface area contributed by atoms with Crippen molar-refractivity contribution < 1.29 is 13.2 Å². The molecule has 1 aromatic carbocycles. The van der Waals surface area contributed by atoms with Gasteiger partial charge in [0.1, 0.15) is 0 Å². The van der Waals surface area contributed by atoms with E-state index in [2.05, 4.69) is 4.98 Å². The Kier molecular flexibility index (Phi) is 3.64. The fourth-order valence-corrected chi connectivity index (χ4v) is 2.73. The summed E-state index contributed by atoms with van der Waals surface area (Å²) < 4.78 is 37.5. The zero-order chi connectivity index (χ0) is 14.2. The number of thiazole rings is 1. The molecule has 6 heteroatoms. The van der Waals surface area contributed by atoms with Crippen molar-refractivity contribution in [3.8, 4) is 0 Å². The maximum Gasteiger partial charge on any atom is 0.443 e. The van der Waals surface area contributed by atoms with Crippen molar-refractivity contribution in [1.82, 2.24) is 4.98 Å². The highest BCUT2D eigenvalue weighted by molar-refractivity contribution is 7.11. The molecule has 2 N–H and O–H groups in total. The topological polar surface area (TPSA) is 38.9 Å². The van der Waals surface area contributed by atoms with Crippen LogP contribution in [0.4, 0.5) is 13.2 Å². The van der Waals surface area contributed by atoms with Crippen LogP contribution in [0.2, 0.25) is 0 Å². The highest BCUT2D eigenvalue weighted by Gasteiger charge is 2.35. The largest absolute Gasteiger partial charge is 0.443 e. The van der Waals surface area contributed by atoms with Gasteiger partial charge in [0.15, 0.2) is 5.01 Å². The van der Waals surface area contributed by atoms with Crippen LogP contribution in [0.15, 0.2) is 24.4 Å². The minimum absolute atomic E-state index is 0.414. The average molecular weight is 286 g/mol. The van der Waals surface area contributed by atoms with Crippen molar-refractivity contribution in [3.05, 3.63) is 51.0 Å². The Morgan fingerprint density at radius 2 is 1.74 bits per heavy atom. The van der Waals surface area contributed by atoms with E-state index in [1.807, 2.05) is 32.0 Å². The van der Waals surface area contributed by atoms with Crippen LogP contribution in [0.3, 0.4) is 0 Å². The third-order valence-electron chi connectivity index (χ3n) is 2.68. The first kappa shape index (κ1) is 14.0. The normalized spacial score (nSPS) is 13.6. The number of nitrogens with two attached hydrogens (primary N) is 1. The van der Waals surface area contributed by atoms with Gasteiger partial charge in [-0.3, -0.25) is 0 Å². The van der Waals surface area contributed by atoms with E-state index < -0.39 is 17.2 Å². The molecule has 1 aromatic heterocycles. The molecular formula is C13H13F3N2S. The van der Waals surface area contributed by atoms with Crippen LogP contribution in [0, 0.1) is 13.8 Å². The molecule has 2 nitrogen and oxygen atoms in total. The molecule has 102 valence electrons. The molecule has 0 aliphatic rings. The lowest BCUT2D eigenvalue weighted by Crippen LogP contribution is -2.10. The van der Waals surface area contributed by atoms with Crippen molar-refractivity contribution in [2.45, 2.75) is 26.1 Å². The molecule has 2 aromatic rings. The van der Waals surface area contributed by atoms with Crippen molar-refractivity contribution in [2.24, 2.45) is 5.73 Å². The number of alkyl halides is 3. The number of hydrogen-bond acceptors (Lipinski definition) is 3. The smallest absolute Gasteiger partial charge is 0.320 e. The van der Waals surface area contributed by atoms with Crippen molar-refractivity contribution >= 4 is 11.3 Å². The molecule has 1 atom stereocenters. The molecule has 1 heterocycles. The standard InChI is InChI=1S/C13H13F3N2S/c1-7-3-8(2)5-9(4-7)11(17)10-6-18-12(19-10)13(14,15)16/h3-6,11H,17H2,1-2H3. The van der Waals surface area contributed by atoms with E-state index in [1.54, 1.807) is 0 Å². The van der Waals surface area contributed by atoms with Crippen LogP contribution < -0.4 is 5.73 Å². The van der Waals surface area contributed by atoms with Crippen molar-refractivity contribution in [2.75, 3.05) is 0 Å². The van der Waals surface area contributed by atoms with Gasteiger partial charge in [-0.05, 0) is 19.4 Å². The Morgan fingerprint density at radius 1 is 1.16 bits per heavy atom. The Labute approximate surface area is 113 Å². The lowest BCUT2D eigenvalue weighted by atomic mass is 10.0. The van der Waals surface area contributed by atoms with Crippen molar-refractivity contribution in [1.29, 1.82) is 0 Å². The molecule has 19 heavy (non-hydrogen) atoms. The van der Waals surface area contributed by atoms with Gasteiger partial charge in [-0.15, -0.1) is 11.3 Å². The number of hydrogen-bond donors (Lipinski definition) is 1. The van der Waals surface area contributed by atoms with Crippen LogP contribution in [-0.2, 0) is 6.18 Å². The molecule has 0 saturated heterocycles. The van der Waals surface area contributed by atoms with Gasteiger partial charge in [0, 0.05) is 11.1 Å². The van der Waals surface area contributed by atoms with E-state index in [0.29, 0.717) is 16.2 Å². The summed E-state index contributed by atoms with van der Waals surface area (Å²) in [5.74, 6) is 0. The fraction of sp³-hybridized carbons (Fsp3) is 0.308. The summed E-state index contributed by atoms with van der Waals surface area (Å²) in [5.41, 5.74) is 8.88. The number of benzene rings is 1. The Balaban J connectivity index is 2.33. The van der Waals surface area contributed by atoms with E-state index in [-0.39, 0.29) is 0 Å². The van der Waals surface area contributed by atoms with Gasteiger partial charge in [-0.25, -0.2) is 4.98 Å². The first-order valence-electron chi connectivity index (χ1n) is 5.64. The molecule has 1 unspecified atom stereocenters. The van der Waals surface area contributed by atoms with Gasteiger partial charge in [0.25, 0.3) is 0 Å². The summed E-state index contributed by atoms with van der Waals surface area (Å²) in [6, 6.07) is 5.17. The zero-order valence-electron chi connectivity index (χ0n) is 10.5. The van der Waals surface area contributed by atoms with Crippen LogP contribution in [-0.4, -0.2) is 4.98 Å². The minimum atomic E-state index is -4.41. The lowest BCUT2D eigenvalue weighted by molar-refractivity contribution is -0.137. The highest BCUT2D eigenvalue weighted by atomic mass is 32.1. The molecule has 0 spiro atoms. The van der Waals surface area contributed by atoms with Crippen molar-refractivity contribution in [3.63, 3.8) is 0 Å². The number of aryl methyl sites for hydroxylation is 2. The van der Waals surface area contributed by atoms with E-state index in [0.717, 1.165) is 16.7 Å². The quantitative estimate of drug-likeness (QED) is 0.911. The SMILES string of the molecule is Cc1cc(C)cc(C(N)c2cnc(C(F)(F)F)s2)c1. The highest BCUT2D eigenvalue weighted by Crippen LogP contribution is 2.35. The summed E-state index contributed by atoms with van der Waals surface area (Å²) in [7, 11) is 0. The molecule has 0 fully saturated rings. The monoisotopic (exact) mass is 286 g/mol. The second-order valence-electron chi connectivity index (χ2n) is 4.46. The molecule has 0 bridgehead atoms. The summed E-state index contributed by atoms with van der Waals surface area (Å²) in [5, 5.41) is -0.859. The minimum Gasteiger partial charge on any atom is -0.320 e. The second-order valence-corrected chi connectivity index (χ2v) is 5.53. The van der Waals surface area contributed by atoms with Crippen LogP contribution >= 0.6 is 11.3 Å². The fourth-order valence-electron chi connectivity index (χ4n) is 1.92. The molecule has 0 amide bonds. The number of halogens is 3. The van der Waals surface area contributed by atoms with E-state index in [1.165, 1.54) is 6.20 Å². The Bertz CT molecular complexity index is 570. The summed E-state index contributed by atoms with van der Waals surface area (Å²) in [6.45, 7) is 3.86. The van der Waals surface area contributed by atoms with Gasteiger partial charge >= 0.3 is 6.18 Å². The summed E-state index contributed by atoms with van der Waals surface area (Å²) >= 11 is 0.593. The summed E-state index contributed by atoms with van der Waals surface area (Å²) in [6.07, 6.45) is -3.21. The predicted octanol–water partition coefficient (Wildman–Crippen LogP) is 3.83. The first-order chi connectivity index (χ1) is 8.77. The summed E-state index contributed by atoms with van der Waals surface area (Å²) in [4.78, 5) is 3.81. The third-order valence-corrected chi connectivity index (χ3v) is 3.80. The van der Waals surface area contributed by atoms with E-state index in [9.17, 15) is 13.2 Å². The predicted molar refractivity (Wildman–Crippen MR) is 69.1 cm³/mol. The van der Waals surface area contributed by atoms with Gasteiger partial charge in [0.05, 0.1) is 6.04 Å². The van der Waals surface area contributed by atoms with E-state index in [4.69, 9.17) is 5.73 Å². The van der Waals surface area contributed by atoms with Gasteiger partial charge < -0.3 is 5.73 Å². The van der Waals surface area contributed by atoms with Crippen LogP contribution in [0.1, 0.15) is 32.6 Å². The number of aromatic nitrogens is 1. The average Bonchev–Trinajstić information content (AvgIpc) is 2.75. The maximum absolute atomic E-state index is 12.5. The van der Waals surface area contributed by atoms with Gasteiger partial charge in [0.2, 0.25) is 0 Å². The third kappa shape index (κ3) is 3.13. The van der Waals surface area contributed by atoms with Gasteiger partial charge in [-0.2, -0.15) is 13.2 Å². The van der Waals surface area contributed by atoms with Crippen LogP contribution in [0.25, 0.3) is 0 Å². The van der Waals surface area contributed by atoms with Gasteiger partial charge in [-0.1, -0.05) is 29.3 Å². The Morgan fingerprint density at radius 3 is 2.21 bits per heavy atom. The Hall–Kier alpha value is -1.40. The molecule has 2 rings (SSSR count). The maximum atomic E-state index is 12.5. The lowest BCUT2D eigenvalue weighted by Gasteiger charge is -2.11. The molecule has 0 saturated carbocycles. The van der Waals surface area contributed by atoms with E-state index >= 15 is 0 Å². The second kappa shape index (κ2) is 4.94. The zero-order valence-corrected chi connectivity index (χ0v) is 11.3. The number of rotatable bonds is 2. The first-order valence-corrected chi connectivity index (χ1v) is 6.45.